The van der Waals surface area contributed by atoms with Crippen LogP contribution in [0.25, 0.3) is 0 Å². The van der Waals surface area contributed by atoms with Crippen LogP contribution >= 0.6 is 11.6 Å². The van der Waals surface area contributed by atoms with Crippen LogP contribution in [0.5, 0.6) is 5.75 Å². The van der Waals surface area contributed by atoms with E-state index in [0.717, 1.165) is 6.26 Å². The molecular formula is C18H21ClN2O4S. The van der Waals surface area contributed by atoms with Gasteiger partial charge in [-0.3, -0.25) is 9.10 Å². The largest absolute Gasteiger partial charge is 0.493 e. The number of sulfonamides is 1. The van der Waals surface area contributed by atoms with Crippen LogP contribution in [0.2, 0.25) is 5.02 Å². The number of carbonyl (C=O) groups is 1. The smallest absolute Gasteiger partial charge is 0.232 e. The lowest BCUT2D eigenvalue weighted by atomic mass is 10.3. The van der Waals surface area contributed by atoms with E-state index in [-0.39, 0.29) is 32.0 Å². The van der Waals surface area contributed by atoms with Crippen LogP contribution in [-0.4, -0.2) is 40.3 Å². The molecule has 0 unspecified atom stereocenters. The van der Waals surface area contributed by atoms with Gasteiger partial charge < -0.3 is 10.1 Å². The number of anilines is 1. The van der Waals surface area contributed by atoms with Crippen LogP contribution < -0.4 is 14.4 Å². The third-order valence-corrected chi connectivity index (χ3v) is 4.94. The Labute approximate surface area is 158 Å². The van der Waals surface area contributed by atoms with Crippen LogP contribution in [-0.2, 0) is 14.8 Å². The summed E-state index contributed by atoms with van der Waals surface area (Å²) in [4.78, 5) is 11.9. The van der Waals surface area contributed by atoms with Gasteiger partial charge in [-0.05, 0) is 36.4 Å². The van der Waals surface area contributed by atoms with Crippen LogP contribution in [0.1, 0.15) is 6.42 Å². The van der Waals surface area contributed by atoms with Crippen molar-refractivity contribution in [1.82, 2.24) is 5.32 Å². The molecule has 140 valence electrons. The van der Waals surface area contributed by atoms with Crippen molar-refractivity contribution in [3.8, 4) is 5.75 Å². The van der Waals surface area contributed by atoms with Crippen molar-refractivity contribution in [3.05, 3.63) is 59.6 Å². The highest BCUT2D eigenvalue weighted by Gasteiger charge is 2.17. The first kappa shape index (κ1) is 20.1. The minimum absolute atomic E-state index is 0.131. The van der Waals surface area contributed by atoms with E-state index in [2.05, 4.69) is 5.32 Å². The van der Waals surface area contributed by atoms with Gasteiger partial charge in [0.05, 0.1) is 31.5 Å². The fourth-order valence-electron chi connectivity index (χ4n) is 2.26. The zero-order valence-electron chi connectivity index (χ0n) is 14.4. The first-order valence-electron chi connectivity index (χ1n) is 8.04. The molecule has 0 bridgehead atoms. The molecule has 2 aromatic carbocycles. The highest BCUT2D eigenvalue weighted by atomic mass is 35.5. The molecule has 6 nitrogen and oxygen atoms in total. The molecule has 0 atom stereocenters. The summed E-state index contributed by atoms with van der Waals surface area (Å²) in [5, 5.41) is 3.22. The zero-order valence-corrected chi connectivity index (χ0v) is 16.0. The predicted molar refractivity (Wildman–Crippen MR) is 103 cm³/mol. The number of nitrogens with one attached hydrogen (secondary N) is 1. The van der Waals surface area contributed by atoms with Gasteiger partial charge in [0.2, 0.25) is 15.9 Å². The maximum atomic E-state index is 12.0. The minimum Gasteiger partial charge on any atom is -0.493 e. The first-order valence-corrected chi connectivity index (χ1v) is 10.3. The third-order valence-electron chi connectivity index (χ3n) is 3.49. The summed E-state index contributed by atoms with van der Waals surface area (Å²) in [6, 6.07) is 15.7. The van der Waals surface area contributed by atoms with Crippen LogP contribution in [0, 0.1) is 0 Å². The molecule has 2 aromatic rings. The number of benzene rings is 2. The zero-order chi connectivity index (χ0) is 19.0. The number of amides is 1. The molecular weight excluding hydrogens is 376 g/mol. The van der Waals surface area contributed by atoms with Crippen molar-refractivity contribution < 1.29 is 17.9 Å². The van der Waals surface area contributed by atoms with Crippen molar-refractivity contribution >= 4 is 33.2 Å². The number of hydrogen-bond donors (Lipinski definition) is 1. The van der Waals surface area contributed by atoms with E-state index in [1.54, 1.807) is 24.3 Å². The molecule has 0 saturated heterocycles. The maximum absolute atomic E-state index is 12.0. The van der Waals surface area contributed by atoms with Crippen LogP contribution in [0.15, 0.2) is 54.6 Å². The fraction of sp³-hybridized carbons (Fsp3) is 0.278. The third kappa shape index (κ3) is 6.57. The van der Waals surface area contributed by atoms with Crippen molar-refractivity contribution in [2.45, 2.75) is 6.42 Å². The average Bonchev–Trinajstić information content (AvgIpc) is 2.60. The van der Waals surface area contributed by atoms with Crippen molar-refractivity contribution in [2.75, 3.05) is 30.3 Å². The molecule has 1 N–H and O–H groups in total. The van der Waals surface area contributed by atoms with Crippen LogP contribution in [0.4, 0.5) is 5.69 Å². The second kappa shape index (κ2) is 9.45. The van der Waals surface area contributed by atoms with Gasteiger partial charge in [-0.1, -0.05) is 29.8 Å². The van der Waals surface area contributed by atoms with E-state index in [1.807, 2.05) is 30.3 Å². The van der Waals surface area contributed by atoms with Gasteiger partial charge in [-0.2, -0.15) is 0 Å². The number of rotatable bonds is 9. The minimum atomic E-state index is -3.47. The van der Waals surface area contributed by atoms with Gasteiger partial charge in [0, 0.05) is 11.6 Å². The maximum Gasteiger partial charge on any atom is 0.232 e. The number of para-hydroxylation sites is 1. The van der Waals surface area contributed by atoms with Crippen molar-refractivity contribution in [1.29, 1.82) is 0 Å². The second-order valence-electron chi connectivity index (χ2n) is 5.57. The van der Waals surface area contributed by atoms with Gasteiger partial charge in [-0.15, -0.1) is 0 Å². The van der Waals surface area contributed by atoms with Gasteiger partial charge in [-0.25, -0.2) is 8.42 Å². The SMILES string of the molecule is CS(=O)(=O)N(CCNC(=O)CCOc1ccccc1)c1ccc(Cl)cc1. The summed E-state index contributed by atoms with van der Waals surface area (Å²) in [6.07, 6.45) is 1.31. The first-order chi connectivity index (χ1) is 12.4. The Balaban J connectivity index is 1.79. The van der Waals surface area contributed by atoms with E-state index in [0.29, 0.717) is 16.5 Å². The van der Waals surface area contributed by atoms with E-state index < -0.39 is 10.0 Å². The van der Waals surface area contributed by atoms with Gasteiger partial charge >= 0.3 is 0 Å². The Morgan fingerprint density at radius 1 is 1.12 bits per heavy atom. The normalized spacial score (nSPS) is 11.0. The van der Waals surface area contributed by atoms with E-state index in [9.17, 15) is 13.2 Å². The van der Waals surface area contributed by atoms with Crippen LogP contribution in [0.3, 0.4) is 0 Å². The Kier molecular flexibility index (Phi) is 7.29. The van der Waals surface area contributed by atoms with E-state index >= 15 is 0 Å². The Hall–Kier alpha value is -2.25. The molecule has 26 heavy (non-hydrogen) atoms. The standard InChI is InChI=1S/C18H21ClN2O4S/c1-26(23,24)21(16-9-7-15(19)8-10-16)13-12-20-18(22)11-14-25-17-5-3-2-4-6-17/h2-10H,11-14H2,1H3,(H,20,22). The highest BCUT2D eigenvalue weighted by Crippen LogP contribution is 2.19. The number of nitrogens with zero attached hydrogens (tertiary/aromatic N) is 1. The number of hydrogen-bond acceptors (Lipinski definition) is 4. The number of ether oxygens (including phenoxy) is 1. The van der Waals surface area contributed by atoms with E-state index in [4.69, 9.17) is 16.3 Å². The van der Waals surface area contributed by atoms with E-state index in [1.165, 1.54) is 4.31 Å². The predicted octanol–water partition coefficient (Wildman–Crippen LogP) is 2.69. The lowest BCUT2D eigenvalue weighted by Gasteiger charge is -2.22. The second-order valence-corrected chi connectivity index (χ2v) is 7.92. The molecule has 0 aliphatic rings. The summed E-state index contributed by atoms with van der Waals surface area (Å²) in [5.41, 5.74) is 0.499. The van der Waals surface area contributed by atoms with Crippen molar-refractivity contribution in [3.63, 3.8) is 0 Å². The average molecular weight is 397 g/mol. The molecule has 0 aromatic heterocycles. The Morgan fingerprint density at radius 3 is 2.38 bits per heavy atom. The molecule has 2 rings (SSSR count). The molecule has 0 heterocycles. The molecule has 0 saturated carbocycles. The molecule has 0 aliphatic heterocycles. The quantitative estimate of drug-likeness (QED) is 0.707. The molecule has 0 radical (unpaired) electrons. The highest BCUT2D eigenvalue weighted by molar-refractivity contribution is 7.92. The van der Waals surface area contributed by atoms with Gasteiger partial charge in [0.1, 0.15) is 5.75 Å². The Bertz CT molecular complexity index is 811. The topological polar surface area (TPSA) is 75.7 Å². The summed E-state index contributed by atoms with van der Waals surface area (Å²) in [6.45, 7) is 0.578. The lowest BCUT2D eigenvalue weighted by Crippen LogP contribution is -2.38. The van der Waals surface area contributed by atoms with Gasteiger partial charge in [0.25, 0.3) is 0 Å². The molecule has 0 aliphatic carbocycles. The van der Waals surface area contributed by atoms with Gasteiger partial charge in [0.15, 0.2) is 0 Å². The number of halogens is 1. The molecule has 1 amide bonds. The summed E-state index contributed by atoms with van der Waals surface area (Å²) < 4.78 is 30.6. The molecule has 0 spiro atoms. The number of carbonyl (C=O) groups excluding carboxylic acids is 1. The lowest BCUT2D eigenvalue weighted by molar-refractivity contribution is -0.121. The summed E-state index contributed by atoms with van der Waals surface area (Å²) in [7, 11) is -3.47. The summed E-state index contributed by atoms with van der Waals surface area (Å²) >= 11 is 5.83. The summed E-state index contributed by atoms with van der Waals surface area (Å²) in [5.74, 6) is 0.497. The van der Waals surface area contributed by atoms with Crippen molar-refractivity contribution in [2.24, 2.45) is 0 Å². The monoisotopic (exact) mass is 396 g/mol. The fourth-order valence-corrected chi connectivity index (χ4v) is 3.31. The Morgan fingerprint density at radius 2 is 1.77 bits per heavy atom. The molecule has 0 fully saturated rings. The molecule has 8 heteroatoms.